The first-order chi connectivity index (χ1) is 17.9. The molecule has 37 heavy (non-hydrogen) atoms. The summed E-state index contributed by atoms with van der Waals surface area (Å²) in [6.45, 7) is 0.380. The zero-order valence-electron chi connectivity index (χ0n) is 20.1. The fourth-order valence-corrected chi connectivity index (χ4v) is 4.66. The van der Waals surface area contributed by atoms with Crippen LogP contribution in [-0.2, 0) is 13.2 Å². The van der Waals surface area contributed by atoms with Crippen LogP contribution < -0.4 is 14.2 Å². The van der Waals surface area contributed by atoms with Gasteiger partial charge in [-0.2, -0.15) is 0 Å². The van der Waals surface area contributed by atoms with E-state index in [1.165, 1.54) is 30.7 Å². The van der Waals surface area contributed by atoms with Crippen LogP contribution in [0, 0.1) is 20.2 Å². The van der Waals surface area contributed by atoms with E-state index < -0.39 is 9.85 Å². The minimum atomic E-state index is -0.441. The van der Waals surface area contributed by atoms with Crippen LogP contribution in [0.1, 0.15) is 48.8 Å². The van der Waals surface area contributed by atoms with Crippen LogP contribution in [-0.4, -0.2) is 15.4 Å². The Balaban J connectivity index is 1.38. The van der Waals surface area contributed by atoms with Gasteiger partial charge in [-0.05, 0) is 73.2 Å². The molecular weight excluding hydrogens is 476 g/mol. The van der Waals surface area contributed by atoms with Crippen molar-refractivity contribution in [1.29, 1.82) is 0 Å². The highest BCUT2D eigenvalue weighted by atomic mass is 16.6. The quantitative estimate of drug-likeness (QED) is 0.247. The molecule has 1 heterocycles. The van der Waals surface area contributed by atoms with Gasteiger partial charge in [0.05, 0.1) is 9.85 Å². The summed E-state index contributed by atoms with van der Waals surface area (Å²) in [4.78, 5) is 21.0. The molecule has 0 bridgehead atoms. The zero-order chi connectivity index (χ0) is 25.8. The summed E-state index contributed by atoms with van der Waals surface area (Å²) in [5, 5.41) is 21.9. The van der Waals surface area contributed by atoms with Gasteiger partial charge in [-0.15, -0.1) is 0 Å². The van der Waals surface area contributed by atoms with Gasteiger partial charge in [-0.1, -0.05) is 12.5 Å². The molecule has 0 atom stereocenters. The van der Waals surface area contributed by atoms with Crippen LogP contribution in [0.5, 0.6) is 17.2 Å². The Morgan fingerprint density at radius 2 is 1.27 bits per heavy atom. The molecular formula is C28H26N2O7. The average Bonchev–Trinajstić information content (AvgIpc) is 2.91. The third-order valence-corrected chi connectivity index (χ3v) is 6.74. The molecule has 1 saturated carbocycles. The van der Waals surface area contributed by atoms with E-state index in [2.05, 4.69) is 12.2 Å². The maximum atomic E-state index is 10.9. The van der Waals surface area contributed by atoms with Gasteiger partial charge in [0.15, 0.2) is 11.5 Å². The molecule has 9 heteroatoms. The first-order valence-corrected chi connectivity index (χ1v) is 12.2. The van der Waals surface area contributed by atoms with Crippen LogP contribution in [0.3, 0.4) is 0 Å². The van der Waals surface area contributed by atoms with E-state index in [0.29, 0.717) is 11.5 Å². The molecule has 3 aromatic rings. The van der Waals surface area contributed by atoms with Gasteiger partial charge < -0.3 is 14.2 Å². The normalized spacial score (nSPS) is 15.5. The van der Waals surface area contributed by atoms with Gasteiger partial charge in [0, 0.05) is 35.9 Å². The van der Waals surface area contributed by atoms with Crippen molar-refractivity contribution < 1.29 is 24.1 Å². The molecule has 0 N–H and O–H groups in total. The lowest BCUT2D eigenvalue weighted by Crippen LogP contribution is -2.37. The molecule has 0 amide bonds. The Labute approximate surface area is 213 Å². The number of non-ortho nitro benzene ring substituents is 2. The summed E-state index contributed by atoms with van der Waals surface area (Å²) in [6.07, 6.45) is 9.62. The van der Waals surface area contributed by atoms with Crippen molar-refractivity contribution in [2.24, 2.45) is 0 Å². The lowest BCUT2D eigenvalue weighted by Gasteiger charge is -2.38. The number of benzene rings is 3. The van der Waals surface area contributed by atoms with Crippen LogP contribution >= 0.6 is 0 Å². The first kappa shape index (κ1) is 24.3. The van der Waals surface area contributed by atoms with Crippen molar-refractivity contribution in [2.75, 3.05) is 0 Å². The van der Waals surface area contributed by atoms with Crippen molar-refractivity contribution in [3.05, 3.63) is 104 Å². The van der Waals surface area contributed by atoms with Crippen molar-refractivity contribution in [3.8, 4) is 17.2 Å². The van der Waals surface area contributed by atoms with Crippen LogP contribution in [0.15, 0.2) is 66.7 Å². The molecule has 1 aliphatic carbocycles. The van der Waals surface area contributed by atoms with E-state index in [4.69, 9.17) is 14.2 Å². The molecule has 1 fully saturated rings. The minimum absolute atomic E-state index is 0.0163. The van der Waals surface area contributed by atoms with E-state index in [1.807, 2.05) is 12.1 Å². The maximum Gasteiger partial charge on any atom is 0.269 e. The van der Waals surface area contributed by atoms with Gasteiger partial charge in [0.2, 0.25) is 0 Å². The zero-order valence-corrected chi connectivity index (χ0v) is 20.1. The smallest absolute Gasteiger partial charge is 0.269 e. The van der Waals surface area contributed by atoms with E-state index >= 15 is 0 Å². The number of hydrogen-bond acceptors (Lipinski definition) is 7. The third-order valence-electron chi connectivity index (χ3n) is 6.74. The van der Waals surface area contributed by atoms with Gasteiger partial charge in [0.1, 0.15) is 24.6 Å². The lowest BCUT2D eigenvalue weighted by atomic mass is 9.83. The maximum absolute atomic E-state index is 10.9. The second-order valence-electron chi connectivity index (χ2n) is 9.32. The molecule has 0 saturated heterocycles. The van der Waals surface area contributed by atoms with Crippen LogP contribution in [0.4, 0.5) is 11.4 Å². The number of fused-ring (bicyclic) bond motifs is 1. The Hall–Kier alpha value is -4.40. The minimum Gasteiger partial charge on any atom is -0.485 e. The van der Waals surface area contributed by atoms with E-state index in [-0.39, 0.29) is 30.2 Å². The Bertz CT molecular complexity index is 1330. The van der Waals surface area contributed by atoms with Crippen LogP contribution in [0.25, 0.3) is 6.08 Å². The van der Waals surface area contributed by atoms with Crippen molar-refractivity contribution in [2.45, 2.75) is 50.9 Å². The monoisotopic (exact) mass is 502 g/mol. The summed E-state index contributed by atoms with van der Waals surface area (Å²) >= 11 is 0. The van der Waals surface area contributed by atoms with Crippen LogP contribution in [0.2, 0.25) is 0 Å². The molecule has 2 aliphatic rings. The summed E-state index contributed by atoms with van der Waals surface area (Å²) in [5.41, 5.74) is 2.18. The van der Waals surface area contributed by atoms with Gasteiger partial charge in [-0.25, -0.2) is 0 Å². The molecule has 9 nitrogen and oxygen atoms in total. The summed E-state index contributed by atoms with van der Waals surface area (Å²) in [5.74, 6) is 1.72. The van der Waals surface area contributed by atoms with Gasteiger partial charge >= 0.3 is 0 Å². The molecule has 5 rings (SSSR count). The fourth-order valence-electron chi connectivity index (χ4n) is 4.66. The molecule has 1 aliphatic heterocycles. The average molecular weight is 503 g/mol. The molecule has 3 aromatic carbocycles. The second-order valence-corrected chi connectivity index (χ2v) is 9.32. The number of nitro groups is 2. The number of rotatable bonds is 8. The van der Waals surface area contributed by atoms with Crippen molar-refractivity contribution in [3.63, 3.8) is 0 Å². The molecule has 0 aromatic heterocycles. The predicted octanol–water partition coefficient (Wildman–Crippen LogP) is 6.77. The molecule has 0 radical (unpaired) electrons. The van der Waals surface area contributed by atoms with Crippen molar-refractivity contribution >= 4 is 17.5 Å². The van der Waals surface area contributed by atoms with E-state index in [0.717, 1.165) is 48.1 Å². The molecule has 1 spiro atoms. The Morgan fingerprint density at radius 3 is 1.78 bits per heavy atom. The number of ether oxygens (including phenoxy) is 3. The highest BCUT2D eigenvalue weighted by Gasteiger charge is 2.34. The second kappa shape index (κ2) is 10.3. The Kier molecular flexibility index (Phi) is 6.76. The van der Waals surface area contributed by atoms with E-state index in [1.54, 1.807) is 24.3 Å². The van der Waals surface area contributed by atoms with Crippen molar-refractivity contribution in [1.82, 2.24) is 0 Å². The standard InChI is InChI=1S/C28H26N2O7/c31-29(32)23-8-4-20(5-9-23)18-35-26-16-22-12-15-28(13-2-1-3-14-28)37-25(22)17-27(26)36-19-21-6-10-24(11-7-21)30(33)34/h4-12,15-17H,1-3,13-14,18-19H2. The summed E-state index contributed by atoms with van der Waals surface area (Å²) in [7, 11) is 0. The van der Waals surface area contributed by atoms with E-state index in [9.17, 15) is 20.2 Å². The fraction of sp³-hybridized carbons (Fsp3) is 0.286. The number of hydrogen-bond donors (Lipinski definition) is 0. The first-order valence-electron chi connectivity index (χ1n) is 12.2. The Morgan fingerprint density at radius 1 is 0.757 bits per heavy atom. The summed E-state index contributed by atoms with van der Waals surface area (Å²) < 4.78 is 18.7. The van der Waals surface area contributed by atoms with Gasteiger partial charge in [0.25, 0.3) is 11.4 Å². The van der Waals surface area contributed by atoms with Gasteiger partial charge in [-0.3, -0.25) is 20.2 Å². The predicted molar refractivity (Wildman–Crippen MR) is 137 cm³/mol. The third kappa shape index (κ3) is 5.55. The number of nitrogens with zero attached hydrogens (tertiary/aromatic N) is 2. The molecule has 0 unspecified atom stereocenters. The molecule has 190 valence electrons. The SMILES string of the molecule is O=[N+]([O-])c1ccc(COc2cc3c(cc2OCc2ccc([N+](=O)[O-])cc2)OC2(C=C3)CCCCC2)cc1. The largest absolute Gasteiger partial charge is 0.485 e. The summed E-state index contributed by atoms with van der Waals surface area (Å²) in [6, 6.07) is 16.1. The topological polar surface area (TPSA) is 114 Å². The lowest BCUT2D eigenvalue weighted by molar-refractivity contribution is -0.385. The highest BCUT2D eigenvalue weighted by molar-refractivity contribution is 5.66. The number of nitro benzene ring substituents is 2. The highest BCUT2D eigenvalue weighted by Crippen LogP contribution is 2.44.